The van der Waals surface area contributed by atoms with E-state index in [1.807, 2.05) is 0 Å². The van der Waals surface area contributed by atoms with Gasteiger partial charge in [0.2, 0.25) is 10.0 Å². The monoisotopic (exact) mass is 417 g/mol. The molecule has 0 radical (unpaired) electrons. The number of hydrogen-bond acceptors (Lipinski definition) is 7. The van der Waals surface area contributed by atoms with E-state index in [-0.39, 0.29) is 23.1 Å². The third kappa shape index (κ3) is 5.11. The lowest BCUT2D eigenvalue weighted by molar-refractivity contribution is -0.0763. The second-order valence-electron chi connectivity index (χ2n) is 5.50. The van der Waals surface area contributed by atoms with Crippen LogP contribution in [0, 0.1) is 5.82 Å². The Hall–Kier alpha value is -1.85. The van der Waals surface area contributed by atoms with Gasteiger partial charge in [0, 0.05) is 20.7 Å². The van der Waals surface area contributed by atoms with Crippen LogP contribution in [0.25, 0.3) is 0 Å². The predicted octanol–water partition coefficient (Wildman–Crippen LogP) is 2.66. The van der Waals surface area contributed by atoms with Crippen molar-refractivity contribution in [3.63, 3.8) is 0 Å². The molecule has 1 unspecified atom stereocenters. The van der Waals surface area contributed by atoms with Crippen molar-refractivity contribution in [2.24, 2.45) is 0 Å². The van der Waals surface area contributed by atoms with Gasteiger partial charge in [-0.3, -0.25) is 0 Å². The van der Waals surface area contributed by atoms with Gasteiger partial charge in [-0.1, -0.05) is 12.1 Å². The van der Waals surface area contributed by atoms with Gasteiger partial charge in [0.1, 0.15) is 22.4 Å². The highest BCUT2D eigenvalue weighted by Crippen LogP contribution is 2.27. The Morgan fingerprint density at radius 1 is 1.22 bits per heavy atom. The molecule has 10 heteroatoms. The van der Waals surface area contributed by atoms with Crippen LogP contribution in [0.3, 0.4) is 0 Å². The first-order valence-electron chi connectivity index (χ1n) is 7.79. The van der Waals surface area contributed by atoms with Crippen molar-refractivity contribution in [3.05, 3.63) is 52.0 Å². The highest BCUT2D eigenvalue weighted by molar-refractivity contribution is 7.89. The third-order valence-electron chi connectivity index (χ3n) is 3.74. The molecule has 0 aliphatic carbocycles. The Labute approximate surface area is 161 Å². The summed E-state index contributed by atoms with van der Waals surface area (Å²) in [5, 5.41) is 1.51. The van der Waals surface area contributed by atoms with Crippen LogP contribution in [0.4, 0.5) is 4.39 Å². The molecule has 2 aromatic rings. The topological polar surface area (TPSA) is 82.1 Å². The second kappa shape index (κ2) is 9.38. The molecule has 0 fully saturated rings. The van der Waals surface area contributed by atoms with Gasteiger partial charge in [-0.25, -0.2) is 17.6 Å². The van der Waals surface area contributed by atoms with Crippen molar-refractivity contribution >= 4 is 27.3 Å². The van der Waals surface area contributed by atoms with E-state index in [0.717, 1.165) is 15.6 Å². The summed E-state index contributed by atoms with van der Waals surface area (Å²) in [5.74, 6) is -1.13. The Bertz CT molecular complexity index is 866. The molecule has 0 saturated heterocycles. The summed E-state index contributed by atoms with van der Waals surface area (Å²) in [6, 6.07) is 6.91. The normalized spacial score (nSPS) is 12.9. The molecule has 0 spiro atoms. The van der Waals surface area contributed by atoms with Gasteiger partial charge in [0.25, 0.3) is 0 Å². The fourth-order valence-electron chi connectivity index (χ4n) is 2.32. The van der Waals surface area contributed by atoms with Gasteiger partial charge < -0.3 is 14.2 Å². The lowest BCUT2D eigenvalue weighted by Gasteiger charge is -2.24. The first-order valence-corrected chi connectivity index (χ1v) is 10.1. The summed E-state index contributed by atoms with van der Waals surface area (Å²) in [6.07, 6.45) is -0.689. The number of benzene rings is 1. The van der Waals surface area contributed by atoms with Crippen LogP contribution >= 0.6 is 11.3 Å². The fourth-order valence-corrected chi connectivity index (χ4v) is 4.80. The van der Waals surface area contributed by atoms with E-state index >= 15 is 0 Å². The lowest BCUT2D eigenvalue weighted by Crippen LogP contribution is -2.33. The molecule has 0 amide bonds. The minimum atomic E-state index is -3.97. The number of sulfonamides is 1. The van der Waals surface area contributed by atoms with E-state index in [2.05, 4.69) is 4.74 Å². The van der Waals surface area contributed by atoms with Gasteiger partial charge in [-0.2, -0.15) is 4.31 Å². The van der Waals surface area contributed by atoms with Crippen LogP contribution in [-0.4, -0.2) is 53.3 Å². The molecular formula is C17H20FNO6S2. The minimum absolute atomic E-state index is 0.000456. The van der Waals surface area contributed by atoms with Crippen LogP contribution in [0.1, 0.15) is 21.3 Å². The number of hydrogen-bond donors (Lipinski definition) is 0. The molecule has 0 saturated carbocycles. The van der Waals surface area contributed by atoms with Gasteiger partial charge in [-0.15, -0.1) is 11.3 Å². The molecular weight excluding hydrogens is 397 g/mol. The average Bonchev–Trinajstić information content (AvgIpc) is 3.15. The first-order chi connectivity index (χ1) is 12.8. The lowest BCUT2D eigenvalue weighted by atomic mass is 10.1. The van der Waals surface area contributed by atoms with E-state index in [1.54, 1.807) is 0 Å². The van der Waals surface area contributed by atoms with Crippen LogP contribution in [0.2, 0.25) is 0 Å². The highest BCUT2D eigenvalue weighted by atomic mass is 32.2. The van der Waals surface area contributed by atoms with Crippen molar-refractivity contribution in [2.45, 2.75) is 11.0 Å². The minimum Gasteiger partial charge on any atom is -0.465 e. The van der Waals surface area contributed by atoms with E-state index in [9.17, 15) is 17.6 Å². The maximum Gasteiger partial charge on any atom is 0.349 e. The zero-order valence-electron chi connectivity index (χ0n) is 15.0. The van der Waals surface area contributed by atoms with Crippen molar-refractivity contribution in [2.75, 3.05) is 34.6 Å². The number of thiophene rings is 1. The Balaban J connectivity index is 2.28. The van der Waals surface area contributed by atoms with E-state index in [0.29, 0.717) is 5.56 Å². The molecule has 0 aliphatic rings. The zero-order valence-corrected chi connectivity index (χ0v) is 16.7. The van der Waals surface area contributed by atoms with Crippen molar-refractivity contribution in [1.82, 2.24) is 4.31 Å². The van der Waals surface area contributed by atoms with Crippen molar-refractivity contribution < 1.29 is 31.8 Å². The van der Waals surface area contributed by atoms with E-state index in [4.69, 9.17) is 9.47 Å². The van der Waals surface area contributed by atoms with Gasteiger partial charge in [0.15, 0.2) is 0 Å². The number of likely N-dealkylation sites (N-methyl/N-ethyl adjacent to an activating group) is 1. The van der Waals surface area contributed by atoms with Gasteiger partial charge in [-0.05, 0) is 29.1 Å². The zero-order chi connectivity index (χ0) is 20.0. The summed E-state index contributed by atoms with van der Waals surface area (Å²) in [7, 11) is 0.0326. The van der Waals surface area contributed by atoms with E-state index < -0.39 is 27.9 Å². The number of esters is 1. The predicted molar refractivity (Wildman–Crippen MR) is 97.6 cm³/mol. The summed E-state index contributed by atoms with van der Waals surface area (Å²) in [4.78, 5) is 11.7. The standard InChI is InChI=1S/C17H20FNO6S2/c1-19(27(21,22)15-8-9-26-16(15)17(20)24-3)10-14(25-11-23-2)12-4-6-13(18)7-5-12/h4-9,14H,10-11H2,1-3H3. The molecule has 1 aromatic heterocycles. The summed E-state index contributed by atoms with van der Waals surface area (Å²) in [6.45, 7) is -0.129. The van der Waals surface area contributed by atoms with Crippen molar-refractivity contribution in [1.29, 1.82) is 0 Å². The maximum atomic E-state index is 13.2. The van der Waals surface area contributed by atoms with Crippen LogP contribution in [0.15, 0.2) is 40.6 Å². The molecule has 1 atom stereocenters. The molecule has 2 rings (SSSR count). The van der Waals surface area contributed by atoms with Crippen LogP contribution < -0.4 is 0 Å². The van der Waals surface area contributed by atoms with Gasteiger partial charge in [0.05, 0.1) is 13.2 Å². The van der Waals surface area contributed by atoms with Gasteiger partial charge >= 0.3 is 5.97 Å². The molecule has 7 nitrogen and oxygen atoms in total. The average molecular weight is 417 g/mol. The number of methoxy groups -OCH3 is 2. The summed E-state index contributed by atoms with van der Waals surface area (Å²) in [5.41, 5.74) is 0.592. The fraction of sp³-hybridized carbons (Fsp3) is 0.353. The quantitative estimate of drug-likeness (QED) is 0.461. The van der Waals surface area contributed by atoms with Crippen molar-refractivity contribution in [3.8, 4) is 0 Å². The number of halogens is 1. The molecule has 1 heterocycles. The maximum absolute atomic E-state index is 13.2. The molecule has 0 aliphatic heterocycles. The summed E-state index contributed by atoms with van der Waals surface area (Å²) < 4.78 is 55.2. The molecule has 0 N–H and O–H groups in total. The molecule has 148 valence electrons. The van der Waals surface area contributed by atoms with Crippen LogP contribution in [-0.2, 0) is 24.2 Å². The molecule has 0 bridgehead atoms. The Morgan fingerprint density at radius 3 is 2.48 bits per heavy atom. The third-order valence-corrected chi connectivity index (χ3v) is 6.63. The largest absolute Gasteiger partial charge is 0.465 e. The number of nitrogens with zero attached hydrogens (tertiary/aromatic N) is 1. The molecule has 1 aromatic carbocycles. The highest BCUT2D eigenvalue weighted by Gasteiger charge is 2.30. The van der Waals surface area contributed by atoms with Crippen LogP contribution in [0.5, 0.6) is 0 Å². The Kier molecular flexibility index (Phi) is 7.45. The molecule has 27 heavy (non-hydrogen) atoms. The number of ether oxygens (including phenoxy) is 3. The first kappa shape index (κ1) is 21.5. The second-order valence-corrected chi connectivity index (χ2v) is 8.43. The summed E-state index contributed by atoms with van der Waals surface area (Å²) >= 11 is 0.984. The SMILES string of the molecule is COCOC(CN(C)S(=O)(=O)c1ccsc1C(=O)OC)c1ccc(F)cc1. The number of carbonyl (C=O) groups excluding carboxylic acids is 1. The number of rotatable bonds is 9. The smallest absolute Gasteiger partial charge is 0.349 e. The van der Waals surface area contributed by atoms with E-state index in [1.165, 1.54) is 57.0 Å². The Morgan fingerprint density at radius 2 is 1.89 bits per heavy atom. The number of carbonyl (C=O) groups is 1.